The van der Waals surface area contributed by atoms with Crippen LogP contribution in [0.2, 0.25) is 0 Å². The molecule has 1 aromatic rings. The molecule has 3 aliphatic carbocycles. The number of Topliss-reactive ketones (excluding diaryl/α,β-unsaturated/α-hetero) is 4. The summed E-state index contributed by atoms with van der Waals surface area (Å²) in [6.07, 6.45) is 0.427. The molecular formula is C26H31N3O8. The Morgan fingerprint density at radius 2 is 1.81 bits per heavy atom. The molecule has 0 heterocycles. The lowest BCUT2D eigenvalue weighted by Gasteiger charge is -2.48. The second kappa shape index (κ2) is 9.46. The fourth-order valence-corrected chi connectivity index (χ4v) is 6.16. The quantitative estimate of drug-likeness (QED) is 0.349. The number of nitrogens with two attached hydrogens (primary N) is 1. The molecule has 1 aromatic carbocycles. The summed E-state index contributed by atoms with van der Waals surface area (Å²) < 4.78 is 0. The summed E-state index contributed by atoms with van der Waals surface area (Å²) in [6.45, 7) is 1.97. The van der Waals surface area contributed by atoms with Gasteiger partial charge >= 0.3 is 0 Å². The minimum atomic E-state index is -2.68. The van der Waals surface area contributed by atoms with E-state index in [-0.39, 0.29) is 49.6 Å². The lowest BCUT2D eigenvalue weighted by Crippen LogP contribution is -2.68. The van der Waals surface area contributed by atoms with E-state index in [0.29, 0.717) is 17.5 Å². The third-order valence-electron chi connectivity index (χ3n) is 7.89. The van der Waals surface area contributed by atoms with Crippen molar-refractivity contribution in [2.45, 2.75) is 44.8 Å². The third-order valence-corrected chi connectivity index (χ3v) is 7.89. The first kappa shape index (κ1) is 26.6. The molecule has 2 unspecified atom stereocenters. The molecule has 0 aromatic heterocycles. The maximum atomic E-state index is 13.7. The van der Waals surface area contributed by atoms with E-state index in [1.54, 1.807) is 25.1 Å². The first-order valence-electron chi connectivity index (χ1n) is 12.3. The van der Waals surface area contributed by atoms with Crippen molar-refractivity contribution in [1.82, 2.24) is 10.2 Å². The molecule has 11 nitrogen and oxygen atoms in total. The van der Waals surface area contributed by atoms with Crippen LogP contribution in [0.1, 0.15) is 46.8 Å². The molecule has 5 atom stereocenters. The second-order valence-electron chi connectivity index (χ2n) is 10.5. The van der Waals surface area contributed by atoms with Crippen molar-refractivity contribution in [3.63, 3.8) is 0 Å². The van der Waals surface area contributed by atoms with Gasteiger partial charge in [-0.25, -0.2) is 0 Å². The standard InChI is InChI=1S/C26H31N3O8/c1-4-11-5-13(9-28-17(31)10-29(2)3)21(32)19-15(11)7-12-6-14-8-16(30)20(25(27)36)24(35)26(14,37)23(34)18(12)22(19)33/h5,12,14,18,20,32,37H,4,6-10H2,1-3H3,(H2,27,36)(H,28,31)/t12-,14+,18?,20?,26+/m1/s1. The number of carbonyl (C=O) groups is 6. The van der Waals surface area contributed by atoms with E-state index in [1.807, 2.05) is 6.92 Å². The Morgan fingerprint density at radius 3 is 2.41 bits per heavy atom. The zero-order chi connectivity index (χ0) is 27.4. The number of hydrogen-bond acceptors (Lipinski definition) is 9. The van der Waals surface area contributed by atoms with Crippen molar-refractivity contribution in [3.8, 4) is 5.75 Å². The Labute approximate surface area is 213 Å². The molecule has 0 saturated heterocycles. The summed E-state index contributed by atoms with van der Waals surface area (Å²) in [5, 5.41) is 25.1. The van der Waals surface area contributed by atoms with Crippen LogP contribution in [0, 0.1) is 23.7 Å². The molecule has 3 aliphatic rings. The highest BCUT2D eigenvalue weighted by atomic mass is 16.3. The van der Waals surface area contributed by atoms with Crippen LogP contribution in [0.4, 0.5) is 0 Å². The van der Waals surface area contributed by atoms with Crippen molar-refractivity contribution in [1.29, 1.82) is 0 Å². The Bertz CT molecular complexity index is 1240. The van der Waals surface area contributed by atoms with Gasteiger partial charge in [0.25, 0.3) is 0 Å². The van der Waals surface area contributed by atoms with Gasteiger partial charge in [0.2, 0.25) is 11.8 Å². The number of carbonyl (C=O) groups excluding carboxylic acids is 6. The van der Waals surface area contributed by atoms with Gasteiger partial charge in [-0.2, -0.15) is 0 Å². The van der Waals surface area contributed by atoms with Gasteiger partial charge in [0.05, 0.1) is 18.0 Å². The minimum Gasteiger partial charge on any atom is -0.507 e. The summed E-state index contributed by atoms with van der Waals surface area (Å²) in [4.78, 5) is 78.3. The first-order valence-corrected chi connectivity index (χ1v) is 12.3. The van der Waals surface area contributed by atoms with Crippen molar-refractivity contribution >= 4 is 34.9 Å². The monoisotopic (exact) mass is 513 g/mol. The number of ketones is 4. The predicted molar refractivity (Wildman–Crippen MR) is 128 cm³/mol. The van der Waals surface area contributed by atoms with Crippen LogP contribution in [-0.2, 0) is 43.4 Å². The van der Waals surface area contributed by atoms with E-state index in [1.165, 1.54) is 0 Å². The maximum absolute atomic E-state index is 13.7. The molecule has 2 amide bonds. The van der Waals surface area contributed by atoms with Crippen molar-refractivity contribution in [3.05, 3.63) is 28.3 Å². The van der Waals surface area contributed by atoms with Gasteiger partial charge in [0.1, 0.15) is 5.75 Å². The van der Waals surface area contributed by atoms with E-state index < -0.39 is 58.3 Å². The molecule has 37 heavy (non-hydrogen) atoms. The third kappa shape index (κ3) is 4.15. The number of nitrogens with one attached hydrogen (secondary N) is 1. The average Bonchev–Trinajstić information content (AvgIpc) is 2.80. The van der Waals surface area contributed by atoms with Gasteiger partial charge < -0.3 is 26.2 Å². The van der Waals surface area contributed by atoms with E-state index in [4.69, 9.17) is 5.73 Å². The van der Waals surface area contributed by atoms with Gasteiger partial charge in [-0.05, 0) is 50.4 Å². The molecule has 0 aliphatic heterocycles. The number of phenolic OH excluding ortho intramolecular Hbond substituents is 1. The van der Waals surface area contributed by atoms with E-state index in [2.05, 4.69) is 5.32 Å². The normalized spacial score (nSPS) is 29.0. The fourth-order valence-electron chi connectivity index (χ4n) is 6.16. The fraction of sp³-hybridized carbons (Fsp3) is 0.538. The molecule has 0 bridgehead atoms. The SMILES string of the molecule is CCc1cc(CNC(=O)CN(C)C)c(O)c2c1C[C@H]1C[C@H]3CC(=O)C(C(N)=O)C(=O)[C@@]3(O)C(=O)C1C2=O. The highest BCUT2D eigenvalue weighted by Gasteiger charge is 2.66. The maximum Gasteiger partial charge on any atom is 0.235 e. The highest BCUT2D eigenvalue weighted by Crippen LogP contribution is 2.50. The van der Waals surface area contributed by atoms with Gasteiger partial charge in [-0.3, -0.25) is 28.8 Å². The van der Waals surface area contributed by atoms with Crippen molar-refractivity contribution in [2.75, 3.05) is 20.6 Å². The molecule has 198 valence electrons. The number of phenols is 1. The molecule has 0 spiro atoms. The number of likely N-dealkylation sites (N-methyl/N-ethyl adjacent to an activating group) is 1. The largest absolute Gasteiger partial charge is 0.507 e. The van der Waals surface area contributed by atoms with Crippen LogP contribution in [0.25, 0.3) is 0 Å². The lowest BCUT2D eigenvalue weighted by molar-refractivity contribution is -0.175. The summed E-state index contributed by atoms with van der Waals surface area (Å²) in [7, 11) is 3.47. The van der Waals surface area contributed by atoms with Crippen LogP contribution >= 0.6 is 0 Å². The minimum absolute atomic E-state index is 0.0407. The molecule has 11 heteroatoms. The topological polar surface area (TPSA) is 184 Å². The summed E-state index contributed by atoms with van der Waals surface area (Å²) in [5.41, 5.74) is 4.13. The number of aliphatic hydroxyl groups is 1. The van der Waals surface area contributed by atoms with Crippen LogP contribution in [-0.4, -0.2) is 76.3 Å². The smallest absolute Gasteiger partial charge is 0.235 e. The zero-order valence-corrected chi connectivity index (χ0v) is 21.0. The van der Waals surface area contributed by atoms with Gasteiger partial charge in [0, 0.05) is 24.4 Å². The Morgan fingerprint density at radius 1 is 1.14 bits per heavy atom. The van der Waals surface area contributed by atoms with Crippen molar-refractivity contribution in [2.24, 2.45) is 29.4 Å². The van der Waals surface area contributed by atoms with Gasteiger partial charge in [-0.1, -0.05) is 13.0 Å². The number of aromatic hydroxyl groups is 1. The number of fused-ring (bicyclic) bond motifs is 3. The molecule has 0 radical (unpaired) electrons. The number of aryl methyl sites for hydroxylation is 1. The van der Waals surface area contributed by atoms with Gasteiger partial charge in [0.15, 0.2) is 34.7 Å². The Hall–Kier alpha value is -3.44. The number of benzene rings is 1. The molecule has 5 N–H and O–H groups in total. The van der Waals surface area contributed by atoms with E-state index >= 15 is 0 Å². The molecular weight excluding hydrogens is 482 g/mol. The summed E-state index contributed by atoms with van der Waals surface area (Å²) in [5.74, 6) is -10.7. The number of rotatable bonds is 6. The summed E-state index contributed by atoms with van der Waals surface area (Å²) >= 11 is 0. The van der Waals surface area contributed by atoms with Crippen LogP contribution in [0.15, 0.2) is 6.07 Å². The van der Waals surface area contributed by atoms with E-state index in [9.17, 15) is 39.0 Å². The predicted octanol–water partition coefficient (Wildman–Crippen LogP) is -0.933. The Kier molecular flexibility index (Phi) is 6.80. The lowest BCUT2D eigenvalue weighted by atomic mass is 9.53. The zero-order valence-electron chi connectivity index (χ0n) is 21.0. The van der Waals surface area contributed by atoms with Crippen LogP contribution < -0.4 is 11.1 Å². The number of hydrogen-bond donors (Lipinski definition) is 4. The number of primary amides is 1. The molecule has 4 rings (SSSR count). The highest BCUT2D eigenvalue weighted by molar-refractivity contribution is 6.31. The molecule has 2 fully saturated rings. The molecule has 2 saturated carbocycles. The van der Waals surface area contributed by atoms with Crippen LogP contribution in [0.5, 0.6) is 5.75 Å². The Balaban J connectivity index is 1.73. The second-order valence-corrected chi connectivity index (χ2v) is 10.5. The van der Waals surface area contributed by atoms with Crippen molar-refractivity contribution < 1.29 is 39.0 Å². The van der Waals surface area contributed by atoms with Crippen LogP contribution in [0.3, 0.4) is 0 Å². The number of nitrogens with zero attached hydrogens (tertiary/aromatic N) is 1. The van der Waals surface area contributed by atoms with E-state index in [0.717, 1.165) is 5.56 Å². The first-order chi connectivity index (χ1) is 17.3. The number of amides is 2. The average molecular weight is 514 g/mol. The van der Waals surface area contributed by atoms with Gasteiger partial charge in [-0.15, -0.1) is 0 Å². The summed E-state index contributed by atoms with van der Waals surface area (Å²) in [6, 6.07) is 1.73.